The lowest BCUT2D eigenvalue weighted by Gasteiger charge is -2.12. The minimum Gasteiger partial charge on any atom is -0.508 e. The van der Waals surface area contributed by atoms with Gasteiger partial charge in [0.1, 0.15) is 5.75 Å². The summed E-state index contributed by atoms with van der Waals surface area (Å²) in [5, 5.41) is 13.2. The van der Waals surface area contributed by atoms with Crippen LogP contribution in [0.4, 0.5) is 0 Å². The van der Waals surface area contributed by atoms with Crippen LogP contribution in [0.5, 0.6) is 17.2 Å². The number of unbranched alkanes of at least 4 members (excludes halogenated alkanes) is 1. The average molecular weight is 356 g/mol. The van der Waals surface area contributed by atoms with Crippen molar-refractivity contribution in [3.05, 3.63) is 53.6 Å². The first-order valence-electron chi connectivity index (χ1n) is 8.66. The summed E-state index contributed by atoms with van der Waals surface area (Å²) in [6.45, 7) is 5.20. The molecule has 1 amide bonds. The van der Waals surface area contributed by atoms with Crippen LogP contribution in [0.2, 0.25) is 0 Å². The van der Waals surface area contributed by atoms with Crippen LogP contribution in [-0.2, 0) is 0 Å². The van der Waals surface area contributed by atoms with Gasteiger partial charge in [0, 0.05) is 5.56 Å². The topological polar surface area (TPSA) is 80.2 Å². The third-order valence-electron chi connectivity index (χ3n) is 3.53. The summed E-state index contributed by atoms with van der Waals surface area (Å²) in [5.74, 6) is 1.10. The highest BCUT2D eigenvalue weighted by molar-refractivity contribution is 5.95. The summed E-state index contributed by atoms with van der Waals surface area (Å²) in [6.07, 6.45) is 3.59. The van der Waals surface area contributed by atoms with Crippen LogP contribution >= 0.6 is 0 Å². The van der Waals surface area contributed by atoms with Crippen molar-refractivity contribution in [3.8, 4) is 17.2 Å². The molecule has 2 aromatic rings. The summed E-state index contributed by atoms with van der Waals surface area (Å²) in [6, 6.07) is 11.4. The number of rotatable bonds is 9. The number of benzene rings is 2. The van der Waals surface area contributed by atoms with Crippen LogP contribution in [0.25, 0.3) is 0 Å². The molecule has 0 aromatic heterocycles. The fourth-order valence-electron chi connectivity index (χ4n) is 2.16. The number of ether oxygens (including phenoxy) is 2. The molecular weight excluding hydrogens is 332 g/mol. The van der Waals surface area contributed by atoms with E-state index in [1.165, 1.54) is 30.5 Å². The van der Waals surface area contributed by atoms with Gasteiger partial charge in [-0.15, -0.1) is 0 Å². The number of hydrogen-bond donors (Lipinski definition) is 2. The first kappa shape index (κ1) is 19.3. The molecule has 0 aliphatic rings. The molecule has 0 heterocycles. The zero-order chi connectivity index (χ0) is 18.8. The van der Waals surface area contributed by atoms with Crippen LogP contribution in [0.3, 0.4) is 0 Å². The highest BCUT2D eigenvalue weighted by atomic mass is 16.5. The van der Waals surface area contributed by atoms with E-state index < -0.39 is 0 Å². The first-order chi connectivity index (χ1) is 12.6. The fraction of sp³-hybridized carbons (Fsp3) is 0.300. The lowest BCUT2D eigenvalue weighted by molar-refractivity contribution is 0.0955. The van der Waals surface area contributed by atoms with Crippen molar-refractivity contribution in [2.24, 2.45) is 5.10 Å². The molecule has 0 bridgehead atoms. The molecular formula is C20H24N2O4. The zero-order valence-corrected chi connectivity index (χ0v) is 15.1. The number of carbonyl (C=O) groups is 1. The fourth-order valence-corrected chi connectivity index (χ4v) is 2.16. The number of phenols is 1. The molecule has 138 valence electrons. The van der Waals surface area contributed by atoms with E-state index in [-0.39, 0.29) is 11.7 Å². The molecule has 0 unspecified atom stereocenters. The number of carbonyl (C=O) groups excluding carboxylic acids is 1. The van der Waals surface area contributed by atoms with E-state index in [0.29, 0.717) is 30.3 Å². The van der Waals surface area contributed by atoms with Gasteiger partial charge in [-0.05, 0) is 61.4 Å². The second-order valence-corrected chi connectivity index (χ2v) is 5.59. The van der Waals surface area contributed by atoms with Gasteiger partial charge in [0.2, 0.25) is 0 Å². The van der Waals surface area contributed by atoms with Crippen molar-refractivity contribution in [3.63, 3.8) is 0 Å². The third-order valence-corrected chi connectivity index (χ3v) is 3.53. The molecule has 0 saturated carbocycles. The van der Waals surface area contributed by atoms with E-state index in [2.05, 4.69) is 17.5 Å². The van der Waals surface area contributed by atoms with Gasteiger partial charge < -0.3 is 14.6 Å². The molecule has 6 heteroatoms. The van der Waals surface area contributed by atoms with E-state index in [1.807, 2.05) is 25.1 Å². The normalized spacial score (nSPS) is 10.7. The Balaban J connectivity index is 2.01. The second kappa shape index (κ2) is 10.1. The van der Waals surface area contributed by atoms with E-state index >= 15 is 0 Å². The van der Waals surface area contributed by atoms with Crippen molar-refractivity contribution < 1.29 is 19.4 Å². The Hall–Kier alpha value is -3.02. The minimum atomic E-state index is -0.356. The highest BCUT2D eigenvalue weighted by Crippen LogP contribution is 2.28. The number of phenolic OH excluding ortho intramolecular Hbond substituents is 1. The maximum absolute atomic E-state index is 12.0. The van der Waals surface area contributed by atoms with Gasteiger partial charge >= 0.3 is 0 Å². The van der Waals surface area contributed by atoms with Crippen molar-refractivity contribution in [2.75, 3.05) is 13.2 Å². The predicted molar refractivity (Wildman–Crippen MR) is 101 cm³/mol. The summed E-state index contributed by atoms with van der Waals surface area (Å²) >= 11 is 0. The lowest BCUT2D eigenvalue weighted by Crippen LogP contribution is -2.17. The summed E-state index contributed by atoms with van der Waals surface area (Å²) in [7, 11) is 0. The maximum Gasteiger partial charge on any atom is 0.271 e. The van der Waals surface area contributed by atoms with Crippen LogP contribution in [-0.4, -0.2) is 30.4 Å². The first-order valence-corrected chi connectivity index (χ1v) is 8.66. The van der Waals surface area contributed by atoms with Gasteiger partial charge in [0.25, 0.3) is 5.91 Å². The Bertz CT molecular complexity index is 742. The second-order valence-electron chi connectivity index (χ2n) is 5.59. The average Bonchev–Trinajstić information content (AvgIpc) is 2.64. The van der Waals surface area contributed by atoms with Gasteiger partial charge in [-0.2, -0.15) is 5.10 Å². The molecule has 0 saturated heterocycles. The number of hydrazone groups is 1. The van der Waals surface area contributed by atoms with E-state index in [4.69, 9.17) is 9.47 Å². The molecule has 0 spiro atoms. The molecule has 0 atom stereocenters. The molecule has 6 nitrogen and oxygen atoms in total. The van der Waals surface area contributed by atoms with Gasteiger partial charge in [0.15, 0.2) is 11.5 Å². The molecule has 0 radical (unpaired) electrons. The van der Waals surface area contributed by atoms with Crippen LogP contribution in [0.1, 0.15) is 42.6 Å². The van der Waals surface area contributed by atoms with Gasteiger partial charge in [-0.25, -0.2) is 5.43 Å². The van der Waals surface area contributed by atoms with Crippen LogP contribution in [0.15, 0.2) is 47.6 Å². The smallest absolute Gasteiger partial charge is 0.271 e. The Morgan fingerprint density at radius 3 is 2.58 bits per heavy atom. The van der Waals surface area contributed by atoms with Crippen molar-refractivity contribution in [1.82, 2.24) is 5.43 Å². The predicted octanol–water partition coefficient (Wildman–Crippen LogP) is 3.73. The van der Waals surface area contributed by atoms with Crippen molar-refractivity contribution in [1.29, 1.82) is 0 Å². The summed E-state index contributed by atoms with van der Waals surface area (Å²) in [4.78, 5) is 12.0. The minimum absolute atomic E-state index is 0.106. The number of nitrogens with zero attached hydrogens (tertiary/aromatic N) is 1. The van der Waals surface area contributed by atoms with Gasteiger partial charge in [-0.1, -0.05) is 13.3 Å². The molecule has 2 rings (SSSR count). The summed E-state index contributed by atoms with van der Waals surface area (Å²) < 4.78 is 11.4. The number of aromatic hydroxyl groups is 1. The monoisotopic (exact) mass is 356 g/mol. The molecule has 0 aliphatic heterocycles. The quantitative estimate of drug-likeness (QED) is 0.407. The van der Waals surface area contributed by atoms with E-state index in [9.17, 15) is 9.90 Å². The number of nitrogens with one attached hydrogen (secondary N) is 1. The number of hydrogen-bond acceptors (Lipinski definition) is 5. The van der Waals surface area contributed by atoms with Crippen LogP contribution in [0, 0.1) is 0 Å². The number of amides is 1. The Morgan fingerprint density at radius 2 is 1.88 bits per heavy atom. The highest BCUT2D eigenvalue weighted by Gasteiger charge is 2.06. The lowest BCUT2D eigenvalue weighted by atomic mass is 10.2. The van der Waals surface area contributed by atoms with Gasteiger partial charge in [0.05, 0.1) is 19.4 Å². The Morgan fingerprint density at radius 1 is 1.12 bits per heavy atom. The third kappa shape index (κ3) is 5.81. The Kier molecular flexibility index (Phi) is 7.49. The maximum atomic E-state index is 12.0. The SMILES string of the molecule is CCCCOc1ccc(/C=N\NC(=O)c2ccc(O)cc2)cc1OCC. The van der Waals surface area contributed by atoms with Crippen molar-refractivity contribution >= 4 is 12.1 Å². The van der Waals surface area contributed by atoms with E-state index in [1.54, 1.807) is 0 Å². The summed E-state index contributed by atoms with van der Waals surface area (Å²) in [5.41, 5.74) is 3.64. The largest absolute Gasteiger partial charge is 0.508 e. The zero-order valence-electron chi connectivity index (χ0n) is 15.1. The molecule has 2 aromatic carbocycles. The van der Waals surface area contributed by atoms with Gasteiger partial charge in [-0.3, -0.25) is 4.79 Å². The Labute approximate surface area is 153 Å². The molecule has 0 fully saturated rings. The standard InChI is InChI=1S/C20H24N2O4/c1-3-5-12-26-18-11-6-15(13-19(18)25-4-2)14-21-22-20(24)16-7-9-17(23)10-8-16/h6-11,13-14,23H,3-5,12H2,1-2H3,(H,22,24)/b21-14-. The molecule has 0 aliphatic carbocycles. The van der Waals surface area contributed by atoms with E-state index in [0.717, 1.165) is 18.4 Å². The molecule has 26 heavy (non-hydrogen) atoms. The van der Waals surface area contributed by atoms with Crippen molar-refractivity contribution in [2.45, 2.75) is 26.7 Å². The van der Waals surface area contributed by atoms with Crippen LogP contribution < -0.4 is 14.9 Å². The molecule has 2 N–H and O–H groups in total.